The van der Waals surface area contributed by atoms with Gasteiger partial charge in [-0.1, -0.05) is 41.4 Å². The van der Waals surface area contributed by atoms with Crippen molar-refractivity contribution in [3.63, 3.8) is 0 Å². The zero-order valence-electron chi connectivity index (χ0n) is 13.0. The van der Waals surface area contributed by atoms with Gasteiger partial charge in [0.05, 0.1) is 6.54 Å². The molecule has 0 amide bonds. The zero-order chi connectivity index (χ0) is 18.9. The molecule has 1 aromatic heterocycles. The van der Waals surface area contributed by atoms with Crippen molar-refractivity contribution in [1.29, 1.82) is 0 Å². The van der Waals surface area contributed by atoms with E-state index in [2.05, 4.69) is 9.82 Å². The average molecular weight is 418 g/mol. The molecule has 0 aliphatic carbocycles. The fourth-order valence-electron chi connectivity index (χ4n) is 2.21. The van der Waals surface area contributed by atoms with Crippen LogP contribution in [0.25, 0.3) is 0 Å². The van der Waals surface area contributed by atoms with Crippen LogP contribution in [0.1, 0.15) is 5.56 Å². The van der Waals surface area contributed by atoms with E-state index >= 15 is 0 Å². The van der Waals surface area contributed by atoms with Gasteiger partial charge in [-0.05, 0) is 29.8 Å². The van der Waals surface area contributed by atoms with Crippen LogP contribution in [0.2, 0.25) is 10.0 Å². The molecule has 136 valence electrons. The molecule has 3 aromatic rings. The number of hydrogen-bond acceptors (Lipinski definition) is 3. The van der Waals surface area contributed by atoms with Crippen LogP contribution in [0.4, 0.5) is 14.6 Å². The molecular formula is C16H11Cl2F2N3O2S. The standard InChI is InChI=1S/C16H11Cl2F2N3O2S/c17-12-4-2-1-3-10(12)8-23-9-13(18)16(21-23)22-26(24,25)15-7-11(19)5-6-14(15)20/h1-7,9H,8H2,(H,21,22). The van der Waals surface area contributed by atoms with Gasteiger partial charge >= 0.3 is 0 Å². The predicted molar refractivity (Wildman–Crippen MR) is 95.0 cm³/mol. The molecule has 26 heavy (non-hydrogen) atoms. The molecule has 0 fully saturated rings. The van der Waals surface area contributed by atoms with E-state index in [0.717, 1.165) is 17.7 Å². The Labute approximate surface area is 158 Å². The first-order chi connectivity index (χ1) is 12.3. The molecule has 3 rings (SSSR count). The summed E-state index contributed by atoms with van der Waals surface area (Å²) in [5, 5.41) is 4.54. The van der Waals surface area contributed by atoms with Crippen LogP contribution < -0.4 is 4.72 Å². The van der Waals surface area contributed by atoms with Crippen molar-refractivity contribution in [3.8, 4) is 0 Å². The topological polar surface area (TPSA) is 64.0 Å². The van der Waals surface area contributed by atoms with E-state index < -0.39 is 26.6 Å². The number of halogens is 4. The lowest BCUT2D eigenvalue weighted by Gasteiger charge is -2.07. The number of nitrogens with zero attached hydrogens (tertiary/aromatic N) is 2. The molecule has 0 atom stereocenters. The minimum atomic E-state index is -4.41. The normalized spacial score (nSPS) is 11.5. The Morgan fingerprint density at radius 2 is 1.81 bits per heavy atom. The van der Waals surface area contributed by atoms with Crippen LogP contribution in [0, 0.1) is 11.6 Å². The van der Waals surface area contributed by atoms with Crippen molar-refractivity contribution >= 4 is 39.0 Å². The third kappa shape index (κ3) is 3.98. The lowest BCUT2D eigenvalue weighted by Crippen LogP contribution is -2.16. The maximum atomic E-state index is 13.7. The van der Waals surface area contributed by atoms with E-state index in [-0.39, 0.29) is 17.4 Å². The van der Waals surface area contributed by atoms with Gasteiger partial charge in [0.1, 0.15) is 21.6 Å². The van der Waals surface area contributed by atoms with E-state index in [1.54, 1.807) is 24.3 Å². The number of anilines is 1. The molecule has 0 aliphatic heterocycles. The zero-order valence-corrected chi connectivity index (χ0v) is 15.3. The first kappa shape index (κ1) is 18.6. The average Bonchev–Trinajstić information content (AvgIpc) is 2.90. The van der Waals surface area contributed by atoms with Gasteiger partial charge in [0.15, 0.2) is 5.82 Å². The van der Waals surface area contributed by atoms with Crippen molar-refractivity contribution in [2.24, 2.45) is 0 Å². The molecule has 0 aliphatic rings. The fourth-order valence-corrected chi connectivity index (χ4v) is 3.77. The van der Waals surface area contributed by atoms with Gasteiger partial charge in [0.2, 0.25) is 0 Å². The van der Waals surface area contributed by atoms with Gasteiger partial charge in [-0.15, -0.1) is 0 Å². The van der Waals surface area contributed by atoms with Crippen LogP contribution in [0.5, 0.6) is 0 Å². The Hall–Kier alpha value is -2.16. The summed E-state index contributed by atoms with van der Waals surface area (Å²) in [4.78, 5) is -0.839. The van der Waals surface area contributed by atoms with Crippen molar-refractivity contribution in [3.05, 3.63) is 75.9 Å². The Bertz CT molecular complexity index is 1070. The van der Waals surface area contributed by atoms with E-state index in [1.165, 1.54) is 10.9 Å². The Balaban J connectivity index is 1.88. The highest BCUT2D eigenvalue weighted by atomic mass is 35.5. The Kier molecular flexibility index (Phi) is 5.17. The summed E-state index contributed by atoms with van der Waals surface area (Å²) in [6.45, 7) is 0.245. The quantitative estimate of drug-likeness (QED) is 0.672. The van der Waals surface area contributed by atoms with Crippen molar-refractivity contribution in [2.75, 3.05) is 4.72 Å². The molecular weight excluding hydrogens is 407 g/mol. The summed E-state index contributed by atoms with van der Waals surface area (Å²) in [7, 11) is -4.41. The predicted octanol–water partition coefficient (Wildman–Crippen LogP) is 4.32. The second-order valence-electron chi connectivity index (χ2n) is 5.29. The molecule has 1 heterocycles. The van der Waals surface area contributed by atoms with Gasteiger partial charge in [-0.3, -0.25) is 9.40 Å². The van der Waals surface area contributed by atoms with E-state index in [4.69, 9.17) is 23.2 Å². The fraction of sp³-hybridized carbons (Fsp3) is 0.0625. The van der Waals surface area contributed by atoms with Gasteiger partial charge in [-0.25, -0.2) is 17.2 Å². The lowest BCUT2D eigenvalue weighted by atomic mass is 10.2. The summed E-state index contributed by atoms with van der Waals surface area (Å²) in [6.07, 6.45) is 1.39. The lowest BCUT2D eigenvalue weighted by molar-refractivity contribution is 0.555. The summed E-state index contributed by atoms with van der Waals surface area (Å²) >= 11 is 12.1. The second-order valence-corrected chi connectivity index (χ2v) is 7.76. The van der Waals surface area contributed by atoms with Crippen molar-refractivity contribution < 1.29 is 17.2 Å². The molecule has 0 bridgehead atoms. The summed E-state index contributed by atoms with van der Waals surface area (Å²) in [6, 6.07) is 9.17. The Morgan fingerprint density at radius 1 is 1.08 bits per heavy atom. The molecule has 10 heteroatoms. The monoisotopic (exact) mass is 417 g/mol. The highest BCUT2D eigenvalue weighted by molar-refractivity contribution is 7.92. The smallest absolute Gasteiger partial charge is 0.265 e. The third-order valence-electron chi connectivity index (χ3n) is 3.42. The minimum absolute atomic E-state index is 0.00237. The molecule has 0 spiro atoms. The molecule has 0 unspecified atom stereocenters. The highest BCUT2D eigenvalue weighted by Crippen LogP contribution is 2.25. The number of nitrogens with one attached hydrogen (secondary N) is 1. The van der Waals surface area contributed by atoms with Crippen LogP contribution in [-0.4, -0.2) is 18.2 Å². The summed E-state index contributed by atoms with van der Waals surface area (Å²) < 4.78 is 55.1. The van der Waals surface area contributed by atoms with Gasteiger partial charge in [0.25, 0.3) is 10.0 Å². The molecule has 5 nitrogen and oxygen atoms in total. The van der Waals surface area contributed by atoms with Crippen LogP contribution in [-0.2, 0) is 16.6 Å². The number of hydrogen-bond donors (Lipinski definition) is 1. The van der Waals surface area contributed by atoms with Crippen LogP contribution in [0.3, 0.4) is 0 Å². The molecule has 0 radical (unpaired) electrons. The maximum absolute atomic E-state index is 13.7. The molecule has 0 saturated carbocycles. The highest BCUT2D eigenvalue weighted by Gasteiger charge is 2.22. The summed E-state index contributed by atoms with van der Waals surface area (Å²) in [5.41, 5.74) is 0.749. The molecule has 1 N–H and O–H groups in total. The van der Waals surface area contributed by atoms with Crippen molar-refractivity contribution in [1.82, 2.24) is 9.78 Å². The van der Waals surface area contributed by atoms with E-state index in [9.17, 15) is 17.2 Å². The van der Waals surface area contributed by atoms with E-state index in [0.29, 0.717) is 11.1 Å². The molecule has 0 saturated heterocycles. The SMILES string of the molecule is O=S(=O)(Nc1nn(Cc2ccccc2Cl)cc1Cl)c1cc(F)ccc1F. The van der Waals surface area contributed by atoms with Crippen LogP contribution in [0.15, 0.2) is 53.6 Å². The number of sulfonamides is 1. The van der Waals surface area contributed by atoms with Crippen LogP contribution >= 0.6 is 23.2 Å². The first-order valence-corrected chi connectivity index (χ1v) is 9.44. The summed E-state index contributed by atoms with van der Waals surface area (Å²) in [5.74, 6) is -2.19. The molecule has 2 aromatic carbocycles. The number of aromatic nitrogens is 2. The first-order valence-electron chi connectivity index (χ1n) is 7.20. The largest absolute Gasteiger partial charge is 0.266 e. The van der Waals surface area contributed by atoms with Crippen molar-refractivity contribution in [2.45, 2.75) is 11.4 Å². The minimum Gasteiger partial charge on any atom is -0.265 e. The van der Waals surface area contributed by atoms with Gasteiger partial charge in [0, 0.05) is 11.2 Å². The number of rotatable bonds is 5. The van der Waals surface area contributed by atoms with Gasteiger partial charge < -0.3 is 0 Å². The van der Waals surface area contributed by atoms with Gasteiger partial charge in [-0.2, -0.15) is 5.10 Å². The second kappa shape index (κ2) is 7.22. The van der Waals surface area contributed by atoms with E-state index in [1.807, 2.05) is 0 Å². The number of benzene rings is 2. The maximum Gasteiger partial charge on any atom is 0.266 e. The Morgan fingerprint density at radius 3 is 2.54 bits per heavy atom. The third-order valence-corrected chi connectivity index (χ3v) is 5.42.